The van der Waals surface area contributed by atoms with Crippen molar-refractivity contribution in [2.75, 3.05) is 0 Å². The number of nitrogens with zero attached hydrogens (tertiary/aromatic N) is 2. The zero-order valence-electron chi connectivity index (χ0n) is 9.47. The van der Waals surface area contributed by atoms with Gasteiger partial charge in [0.2, 0.25) is 6.04 Å². The summed E-state index contributed by atoms with van der Waals surface area (Å²) in [4.78, 5) is 10.5. The smallest absolute Gasteiger partial charge is 0.216 e. The van der Waals surface area contributed by atoms with Crippen molar-refractivity contribution in [3.05, 3.63) is 52.1 Å². The minimum absolute atomic E-state index is 0.257. The highest BCUT2D eigenvalue weighted by Gasteiger charge is 2.19. The fourth-order valence-electron chi connectivity index (χ4n) is 1.94. The predicted octanol–water partition coefficient (Wildman–Crippen LogP) is 2.68. The first kappa shape index (κ1) is 11.6. The van der Waals surface area contributed by atoms with E-state index in [2.05, 4.69) is 0 Å². The summed E-state index contributed by atoms with van der Waals surface area (Å²) in [5.74, 6) is -0.319. The molecule has 0 radical (unpaired) electrons. The summed E-state index contributed by atoms with van der Waals surface area (Å²) in [7, 11) is 0. The summed E-state index contributed by atoms with van der Waals surface area (Å²) in [5.41, 5.74) is 1.71. The maximum Gasteiger partial charge on any atom is 0.216 e. The van der Waals surface area contributed by atoms with Crippen LogP contribution in [0.15, 0.2) is 30.6 Å². The normalized spacial score (nSPS) is 12.8. The molecule has 2 heterocycles. The van der Waals surface area contributed by atoms with Gasteiger partial charge in [0.05, 0.1) is 0 Å². The Kier molecular flexibility index (Phi) is 3.08. The van der Waals surface area contributed by atoms with E-state index in [4.69, 9.17) is 0 Å². The molecule has 0 aliphatic carbocycles. The van der Waals surface area contributed by atoms with E-state index in [-0.39, 0.29) is 10.7 Å². The van der Waals surface area contributed by atoms with Gasteiger partial charge in [0.25, 0.3) is 0 Å². The molecule has 0 spiro atoms. The maximum atomic E-state index is 13.0. The zero-order chi connectivity index (χ0) is 12.4. The molecule has 5 heteroatoms. The summed E-state index contributed by atoms with van der Waals surface area (Å²) in [6.45, 7) is 1.80. The molecule has 0 aliphatic heterocycles. The van der Waals surface area contributed by atoms with Crippen molar-refractivity contribution in [1.82, 2.24) is 4.40 Å². The van der Waals surface area contributed by atoms with Crippen molar-refractivity contribution in [3.8, 4) is 0 Å². The molecular formula is C12H13FN2O2. The van der Waals surface area contributed by atoms with Gasteiger partial charge in [-0.15, -0.1) is 0 Å². The minimum atomic E-state index is -0.578. The Hall–Kier alpha value is -1.91. The molecule has 2 rings (SSSR count). The Morgan fingerprint density at radius 3 is 2.88 bits per heavy atom. The molecule has 17 heavy (non-hydrogen) atoms. The average molecular weight is 236 g/mol. The van der Waals surface area contributed by atoms with E-state index in [1.165, 1.54) is 12.3 Å². The van der Waals surface area contributed by atoms with E-state index >= 15 is 0 Å². The van der Waals surface area contributed by atoms with Gasteiger partial charge in [0, 0.05) is 35.7 Å². The van der Waals surface area contributed by atoms with Crippen LogP contribution in [0.3, 0.4) is 0 Å². The van der Waals surface area contributed by atoms with Gasteiger partial charge >= 0.3 is 0 Å². The second-order valence-electron chi connectivity index (χ2n) is 4.03. The number of fused-ring (bicyclic) bond motifs is 1. The molecule has 0 aromatic carbocycles. The van der Waals surface area contributed by atoms with Crippen LogP contribution in [0.25, 0.3) is 5.52 Å². The van der Waals surface area contributed by atoms with E-state index in [1.807, 2.05) is 0 Å². The lowest BCUT2D eigenvalue weighted by Crippen LogP contribution is -2.20. The van der Waals surface area contributed by atoms with E-state index in [9.17, 15) is 14.5 Å². The number of halogens is 1. The maximum absolute atomic E-state index is 13.0. The van der Waals surface area contributed by atoms with Crippen LogP contribution >= 0.6 is 0 Å². The van der Waals surface area contributed by atoms with E-state index < -0.39 is 6.04 Å². The first-order chi connectivity index (χ1) is 8.11. The molecule has 90 valence electrons. The van der Waals surface area contributed by atoms with Crippen molar-refractivity contribution < 1.29 is 9.31 Å². The van der Waals surface area contributed by atoms with E-state index in [0.717, 1.165) is 11.1 Å². The van der Waals surface area contributed by atoms with Gasteiger partial charge in [-0.05, 0) is 23.8 Å². The number of nitro groups is 1. The van der Waals surface area contributed by atoms with Gasteiger partial charge in [0.15, 0.2) is 0 Å². The third kappa shape index (κ3) is 2.27. The van der Waals surface area contributed by atoms with Gasteiger partial charge in [-0.3, -0.25) is 10.1 Å². The third-order valence-corrected chi connectivity index (χ3v) is 2.93. The van der Waals surface area contributed by atoms with Crippen molar-refractivity contribution in [3.63, 3.8) is 0 Å². The highest BCUT2D eigenvalue weighted by Crippen LogP contribution is 2.17. The molecule has 1 atom stereocenters. The molecule has 0 fully saturated rings. The predicted molar refractivity (Wildman–Crippen MR) is 62.1 cm³/mol. The van der Waals surface area contributed by atoms with Crippen LogP contribution in [0.5, 0.6) is 0 Å². The summed E-state index contributed by atoms with van der Waals surface area (Å²) >= 11 is 0. The molecule has 0 aliphatic rings. The van der Waals surface area contributed by atoms with Crippen molar-refractivity contribution in [2.24, 2.45) is 0 Å². The molecule has 0 bridgehead atoms. The monoisotopic (exact) mass is 236 g/mol. The Balaban J connectivity index is 2.33. The van der Waals surface area contributed by atoms with Crippen molar-refractivity contribution >= 4 is 5.52 Å². The summed E-state index contributed by atoms with van der Waals surface area (Å²) in [5, 5.41) is 10.8. The molecular weight excluding hydrogens is 223 g/mol. The second-order valence-corrected chi connectivity index (χ2v) is 4.03. The zero-order valence-corrected chi connectivity index (χ0v) is 9.47. The van der Waals surface area contributed by atoms with E-state index in [1.54, 1.807) is 29.7 Å². The van der Waals surface area contributed by atoms with Gasteiger partial charge in [-0.25, -0.2) is 4.39 Å². The number of aromatic nitrogens is 1. The highest BCUT2D eigenvalue weighted by molar-refractivity contribution is 5.55. The first-order valence-corrected chi connectivity index (χ1v) is 5.50. The largest absolute Gasteiger partial charge is 0.321 e. The van der Waals surface area contributed by atoms with Gasteiger partial charge in [-0.1, -0.05) is 6.92 Å². The quantitative estimate of drug-likeness (QED) is 0.605. The summed E-state index contributed by atoms with van der Waals surface area (Å²) < 4.78 is 14.6. The number of hydrogen-bond donors (Lipinski definition) is 0. The van der Waals surface area contributed by atoms with Gasteiger partial charge in [0.1, 0.15) is 5.82 Å². The third-order valence-electron chi connectivity index (χ3n) is 2.93. The summed E-state index contributed by atoms with van der Waals surface area (Å²) in [6.07, 6.45) is 3.96. The lowest BCUT2D eigenvalue weighted by atomic mass is 10.1. The molecule has 0 saturated heterocycles. The molecule has 2 aromatic rings. The van der Waals surface area contributed by atoms with Crippen molar-refractivity contribution in [1.29, 1.82) is 0 Å². The molecule has 0 saturated carbocycles. The minimum Gasteiger partial charge on any atom is -0.321 e. The Morgan fingerprint density at radius 1 is 1.47 bits per heavy atom. The van der Waals surface area contributed by atoms with Gasteiger partial charge in [-0.2, -0.15) is 0 Å². The first-order valence-electron chi connectivity index (χ1n) is 5.50. The standard InChI is InChI=1S/C12H13FN2O2/c1-2-11(15(16)17)7-9-5-6-14-8-10(13)3-4-12(9)14/h3-6,8,11H,2,7H2,1H3. The highest BCUT2D eigenvalue weighted by atomic mass is 19.1. The average Bonchev–Trinajstić information content (AvgIpc) is 2.67. The fourth-order valence-corrected chi connectivity index (χ4v) is 1.94. The number of hydrogen-bond acceptors (Lipinski definition) is 2. The van der Waals surface area contributed by atoms with Gasteiger partial charge < -0.3 is 4.40 Å². The van der Waals surface area contributed by atoms with E-state index in [0.29, 0.717) is 12.8 Å². The van der Waals surface area contributed by atoms with Crippen LogP contribution in [0.2, 0.25) is 0 Å². The summed E-state index contributed by atoms with van der Waals surface area (Å²) in [6, 6.07) is 4.25. The second kappa shape index (κ2) is 4.53. The van der Waals surface area contributed by atoms with Crippen molar-refractivity contribution in [2.45, 2.75) is 25.8 Å². The van der Waals surface area contributed by atoms with Crippen LogP contribution in [0.1, 0.15) is 18.9 Å². The lowest BCUT2D eigenvalue weighted by molar-refractivity contribution is -0.522. The Bertz CT molecular complexity index is 550. The molecule has 2 aromatic heterocycles. The Labute approximate surface area is 97.8 Å². The Morgan fingerprint density at radius 2 is 2.24 bits per heavy atom. The number of pyridine rings is 1. The van der Waals surface area contributed by atoms with Crippen LogP contribution in [-0.2, 0) is 6.42 Å². The molecule has 0 amide bonds. The topological polar surface area (TPSA) is 47.5 Å². The fraction of sp³-hybridized carbons (Fsp3) is 0.333. The van der Waals surface area contributed by atoms with Crippen LogP contribution in [-0.4, -0.2) is 15.4 Å². The molecule has 1 unspecified atom stereocenters. The van der Waals surface area contributed by atoms with Crippen LogP contribution < -0.4 is 0 Å². The lowest BCUT2D eigenvalue weighted by Gasteiger charge is -2.06. The van der Waals surface area contributed by atoms with Crippen LogP contribution in [0.4, 0.5) is 4.39 Å². The molecule has 0 N–H and O–H groups in total. The van der Waals surface area contributed by atoms with Crippen LogP contribution in [0, 0.1) is 15.9 Å². The number of rotatable bonds is 4. The SMILES string of the molecule is CCC(Cc1ccn2cc(F)ccc12)[N+](=O)[O-]. The molecule has 4 nitrogen and oxygen atoms in total.